The number of carbonyl (C=O) groups excluding carboxylic acids is 4. The summed E-state index contributed by atoms with van der Waals surface area (Å²) in [4.78, 5) is 64.8. The summed E-state index contributed by atoms with van der Waals surface area (Å²) in [5.41, 5.74) is 4.63. The number of anilines is 3. The number of imide groups is 2. The molecular formula is C51H46ClN7O6S. The Morgan fingerprint density at radius 2 is 1.61 bits per heavy atom. The number of methoxy groups -OCH3 is 1. The average molecular weight is 920 g/mol. The van der Waals surface area contributed by atoms with Crippen molar-refractivity contribution in [3.05, 3.63) is 125 Å². The number of aromatic nitrogens is 2. The smallest absolute Gasteiger partial charge is 0.242 e. The first kappa shape index (κ1) is 43.0. The molecule has 2 aliphatic carbocycles. The number of halogens is 1. The first-order valence-corrected chi connectivity index (χ1v) is 22.9. The number of azo groups is 1. The number of ether oxygens (including phenoxy) is 1. The molecule has 66 heavy (non-hydrogen) atoms. The minimum absolute atomic E-state index is 0.0168. The maximum atomic E-state index is 15.2. The maximum absolute atomic E-state index is 15.2. The Labute approximate surface area is 390 Å². The Hall–Kier alpha value is -6.90. The van der Waals surface area contributed by atoms with E-state index in [1.807, 2.05) is 93.5 Å². The monoisotopic (exact) mass is 919 g/mol. The van der Waals surface area contributed by atoms with Gasteiger partial charge in [-0.1, -0.05) is 41.5 Å². The van der Waals surface area contributed by atoms with Crippen molar-refractivity contribution < 1.29 is 29.0 Å². The van der Waals surface area contributed by atoms with E-state index in [1.54, 1.807) is 65.5 Å². The van der Waals surface area contributed by atoms with Gasteiger partial charge >= 0.3 is 0 Å². The van der Waals surface area contributed by atoms with Crippen LogP contribution in [0.4, 0.5) is 28.6 Å². The van der Waals surface area contributed by atoms with Gasteiger partial charge in [-0.3, -0.25) is 28.8 Å². The van der Waals surface area contributed by atoms with Crippen LogP contribution in [0.1, 0.15) is 30.9 Å². The number of allylic oxidation sites excluding steroid dienone is 3. The zero-order valence-corrected chi connectivity index (χ0v) is 38.7. The van der Waals surface area contributed by atoms with Gasteiger partial charge in [0.05, 0.1) is 52.2 Å². The number of thiophene rings is 1. The summed E-state index contributed by atoms with van der Waals surface area (Å²) in [7, 11) is 7.13. The second kappa shape index (κ2) is 16.2. The molecule has 4 aromatic carbocycles. The van der Waals surface area contributed by atoms with Crippen LogP contribution in [0.15, 0.2) is 119 Å². The van der Waals surface area contributed by atoms with Crippen molar-refractivity contribution in [2.24, 2.45) is 52.3 Å². The largest absolute Gasteiger partial charge is 0.504 e. The highest BCUT2D eigenvalue weighted by atomic mass is 35.5. The van der Waals surface area contributed by atoms with Crippen LogP contribution < -0.4 is 19.4 Å². The van der Waals surface area contributed by atoms with Crippen molar-refractivity contribution in [3.8, 4) is 22.1 Å². The molecule has 0 spiro atoms. The first-order chi connectivity index (χ1) is 31.7. The van der Waals surface area contributed by atoms with Crippen LogP contribution in [0.25, 0.3) is 26.7 Å². The second-order valence-corrected chi connectivity index (χ2v) is 19.3. The maximum Gasteiger partial charge on any atom is 0.242 e. The van der Waals surface area contributed by atoms with Gasteiger partial charge in [-0.2, -0.15) is 15.3 Å². The third kappa shape index (κ3) is 6.84. The van der Waals surface area contributed by atoms with E-state index in [0.29, 0.717) is 45.6 Å². The van der Waals surface area contributed by atoms with Crippen molar-refractivity contribution in [2.75, 3.05) is 35.9 Å². The highest BCUT2D eigenvalue weighted by Crippen LogP contribution is 2.61. The second-order valence-electron chi connectivity index (χ2n) is 17.8. The van der Waals surface area contributed by atoms with E-state index in [-0.39, 0.29) is 41.5 Å². The molecule has 2 aromatic heterocycles. The van der Waals surface area contributed by atoms with Crippen LogP contribution >= 0.6 is 22.9 Å². The number of fused-ring (bicyclic) bond motifs is 5. The third-order valence-electron chi connectivity index (χ3n) is 14.0. The fraction of sp³-hybridized carbons (Fsp3) is 0.275. The van der Waals surface area contributed by atoms with Gasteiger partial charge in [0.25, 0.3) is 0 Å². The number of phenolic OH excluding ortho intramolecular Hbond substituents is 1. The van der Waals surface area contributed by atoms with Crippen molar-refractivity contribution in [2.45, 2.75) is 26.7 Å². The molecule has 4 amide bonds. The third-order valence-corrected chi connectivity index (χ3v) is 15.5. The van der Waals surface area contributed by atoms with E-state index in [0.717, 1.165) is 31.8 Å². The molecule has 6 atom stereocenters. The molecule has 0 radical (unpaired) electrons. The van der Waals surface area contributed by atoms with E-state index in [9.17, 15) is 14.7 Å². The summed E-state index contributed by atoms with van der Waals surface area (Å²) in [6.45, 7) is 3.85. The molecule has 1 N–H and O–H groups in total. The van der Waals surface area contributed by atoms with Crippen LogP contribution in [0.3, 0.4) is 0 Å². The number of aryl methyl sites for hydroxylation is 2. The summed E-state index contributed by atoms with van der Waals surface area (Å²) in [5, 5.41) is 25.5. The van der Waals surface area contributed by atoms with Gasteiger partial charge in [-0.25, -0.2) is 4.90 Å². The van der Waals surface area contributed by atoms with Gasteiger partial charge in [0.15, 0.2) is 11.5 Å². The Morgan fingerprint density at radius 1 is 0.894 bits per heavy atom. The lowest BCUT2D eigenvalue weighted by atomic mass is 9.52. The van der Waals surface area contributed by atoms with Gasteiger partial charge < -0.3 is 14.7 Å². The zero-order valence-electron chi connectivity index (χ0n) is 37.1. The van der Waals surface area contributed by atoms with Gasteiger partial charge in [-0.15, -0.1) is 11.3 Å². The van der Waals surface area contributed by atoms with E-state index in [1.165, 1.54) is 23.0 Å². The lowest BCUT2D eigenvalue weighted by Gasteiger charge is -2.47. The minimum atomic E-state index is -1.26. The molecule has 3 fully saturated rings. The van der Waals surface area contributed by atoms with Crippen LogP contribution in [-0.2, 0) is 26.2 Å². The average Bonchev–Trinajstić information content (AvgIpc) is 3.98. The lowest BCUT2D eigenvalue weighted by molar-refractivity contribution is -0.132. The summed E-state index contributed by atoms with van der Waals surface area (Å²) in [6.07, 6.45) is 6.29. The van der Waals surface area contributed by atoms with Crippen molar-refractivity contribution in [1.29, 1.82) is 0 Å². The Balaban J connectivity index is 0.988. The number of rotatable bonds is 9. The molecule has 2 aliphatic heterocycles. The van der Waals surface area contributed by atoms with Gasteiger partial charge in [0.1, 0.15) is 11.5 Å². The number of carbonyl (C=O) groups is 4. The number of hydrogen-bond acceptors (Lipinski definition) is 11. The highest BCUT2D eigenvalue weighted by molar-refractivity contribution is 7.22. The molecule has 334 valence electrons. The summed E-state index contributed by atoms with van der Waals surface area (Å²) in [5.74, 6) is -4.15. The number of phenols is 1. The standard InChI is InChI=1S/C51H46ClN7O6S/c1-27-36-24-29(52)9-22-43(36)66-46(27)40-26-44(57(5)55-40)59-48(62)39-25-37-34(38(51(39,2)50(59)64)20-7-28-8-21-41(60)42(23-28)65-6)18-19-35-45(37)49(63)58(47(35)61)33-16-12-31(13-17-33)54-53-30-10-14-32(15-11-30)56(3)4/h7-18,20-24,26,35,37-39,45,60H,19,25H2,1-6H3/t35-,37+,38-,39-,45-,51-/m0/s1. The van der Waals surface area contributed by atoms with Gasteiger partial charge in [-0.05, 0) is 128 Å². The van der Waals surface area contributed by atoms with Crippen LogP contribution in [-0.4, -0.2) is 59.7 Å². The predicted octanol–water partition coefficient (Wildman–Crippen LogP) is 10.4. The predicted molar refractivity (Wildman–Crippen MR) is 257 cm³/mol. The number of amides is 4. The van der Waals surface area contributed by atoms with Crippen molar-refractivity contribution in [3.63, 3.8) is 0 Å². The van der Waals surface area contributed by atoms with Crippen molar-refractivity contribution in [1.82, 2.24) is 9.78 Å². The van der Waals surface area contributed by atoms with E-state index in [2.05, 4.69) is 10.2 Å². The molecule has 4 heterocycles. The number of nitrogens with zero attached hydrogens (tertiary/aromatic N) is 7. The normalized spacial score (nSPS) is 23.9. The Kier molecular flexibility index (Phi) is 10.6. The summed E-state index contributed by atoms with van der Waals surface area (Å²) in [6, 6.07) is 27.0. The molecule has 13 nitrogen and oxygen atoms in total. The van der Waals surface area contributed by atoms with Crippen molar-refractivity contribution >= 4 is 91.3 Å². The van der Waals surface area contributed by atoms with Crippen LogP contribution in [0.5, 0.6) is 11.5 Å². The molecule has 4 aliphatic rings. The molecule has 2 saturated heterocycles. The fourth-order valence-corrected chi connectivity index (χ4v) is 11.8. The topological polar surface area (TPSA) is 150 Å². The summed E-state index contributed by atoms with van der Waals surface area (Å²) >= 11 is 7.92. The molecule has 10 rings (SSSR count). The van der Waals surface area contributed by atoms with Crippen LogP contribution in [0.2, 0.25) is 5.02 Å². The first-order valence-electron chi connectivity index (χ1n) is 21.7. The zero-order chi connectivity index (χ0) is 46.3. The van der Waals surface area contributed by atoms with Gasteiger partial charge in [0.2, 0.25) is 23.6 Å². The molecule has 6 aromatic rings. The highest BCUT2D eigenvalue weighted by Gasteiger charge is 2.67. The molecule has 0 unspecified atom stereocenters. The number of hydrogen-bond donors (Lipinski definition) is 1. The fourth-order valence-electron chi connectivity index (χ4n) is 10.5. The SMILES string of the molecule is COc1cc(C=C[C@H]2C3=CC[C@@H]4C(=O)N(c5ccc(N=Nc6ccc(N(C)C)cc6)cc5)C(=O)[C@@H]4[C@@H]3C[C@H]3C(=O)N(c4cc(-c5sc6ccc(Cl)cc6c5C)nn4C)C(=O)[C@@]23C)ccc1O. The number of aromatic hydroxyl groups is 1. The summed E-state index contributed by atoms with van der Waals surface area (Å²) < 4.78 is 8.00. The lowest BCUT2D eigenvalue weighted by Crippen LogP contribution is -2.49. The Bertz CT molecular complexity index is 3100. The molecule has 15 heteroatoms. The Morgan fingerprint density at radius 3 is 2.30 bits per heavy atom. The number of benzene rings is 4. The molecule has 0 bridgehead atoms. The van der Waals surface area contributed by atoms with Gasteiger partial charge in [0, 0.05) is 48.5 Å². The minimum Gasteiger partial charge on any atom is -0.504 e. The van der Waals surface area contributed by atoms with E-state index >= 15 is 9.59 Å². The molecule has 1 saturated carbocycles. The van der Waals surface area contributed by atoms with Crippen LogP contribution in [0, 0.1) is 41.9 Å². The van der Waals surface area contributed by atoms with E-state index in [4.69, 9.17) is 21.4 Å². The molecular weight excluding hydrogens is 874 g/mol. The van der Waals surface area contributed by atoms with E-state index < -0.39 is 35.0 Å². The quantitative estimate of drug-likeness (QED) is 0.0856.